The van der Waals surface area contributed by atoms with Crippen LogP contribution in [0.1, 0.15) is 25.0 Å². The fourth-order valence-corrected chi connectivity index (χ4v) is 5.31. The SMILES string of the molecule is CCN(CC)CCN(C(=O)CSc1ccc(C)cc1)c1nc2c(C)ccc(Cl)c2s1.Cl. The van der Waals surface area contributed by atoms with Crippen LogP contribution in [0, 0.1) is 13.8 Å². The molecule has 0 saturated carbocycles. The van der Waals surface area contributed by atoms with Crippen LogP contribution in [0.4, 0.5) is 5.13 Å². The molecule has 31 heavy (non-hydrogen) atoms. The number of aromatic nitrogens is 1. The van der Waals surface area contributed by atoms with Gasteiger partial charge in [0.05, 0.1) is 21.0 Å². The van der Waals surface area contributed by atoms with Gasteiger partial charge >= 0.3 is 0 Å². The van der Waals surface area contributed by atoms with Gasteiger partial charge in [0.15, 0.2) is 5.13 Å². The van der Waals surface area contributed by atoms with Crippen LogP contribution in [0.5, 0.6) is 0 Å². The maximum atomic E-state index is 13.2. The van der Waals surface area contributed by atoms with E-state index in [4.69, 9.17) is 16.6 Å². The van der Waals surface area contributed by atoms with Gasteiger partial charge in [-0.25, -0.2) is 4.98 Å². The van der Waals surface area contributed by atoms with E-state index in [0.717, 1.165) is 45.4 Å². The highest BCUT2D eigenvalue weighted by Crippen LogP contribution is 2.36. The first-order chi connectivity index (χ1) is 14.4. The van der Waals surface area contributed by atoms with Crippen molar-refractivity contribution in [1.29, 1.82) is 0 Å². The van der Waals surface area contributed by atoms with E-state index >= 15 is 0 Å². The zero-order valence-corrected chi connectivity index (χ0v) is 21.6. The number of benzene rings is 2. The van der Waals surface area contributed by atoms with Crippen molar-refractivity contribution in [3.8, 4) is 0 Å². The summed E-state index contributed by atoms with van der Waals surface area (Å²) in [7, 11) is 0. The monoisotopic (exact) mass is 497 g/mol. The minimum atomic E-state index is 0. The molecule has 1 aromatic heterocycles. The Bertz CT molecular complexity index is 965. The number of thiazole rings is 1. The van der Waals surface area contributed by atoms with E-state index in [2.05, 4.69) is 49.9 Å². The minimum Gasteiger partial charge on any atom is -0.302 e. The fourth-order valence-electron chi connectivity index (χ4n) is 3.17. The molecular weight excluding hydrogens is 469 g/mol. The third kappa shape index (κ3) is 6.59. The molecule has 0 fully saturated rings. The summed E-state index contributed by atoms with van der Waals surface area (Å²) in [6, 6.07) is 12.1. The third-order valence-electron chi connectivity index (χ3n) is 5.14. The van der Waals surface area contributed by atoms with Crippen LogP contribution < -0.4 is 4.90 Å². The highest BCUT2D eigenvalue weighted by atomic mass is 35.5. The highest BCUT2D eigenvalue weighted by Gasteiger charge is 2.22. The summed E-state index contributed by atoms with van der Waals surface area (Å²) in [6.07, 6.45) is 0. The van der Waals surface area contributed by atoms with E-state index in [9.17, 15) is 4.79 Å². The summed E-state index contributed by atoms with van der Waals surface area (Å²) in [5.74, 6) is 0.449. The van der Waals surface area contributed by atoms with E-state index < -0.39 is 0 Å². The lowest BCUT2D eigenvalue weighted by atomic mass is 10.2. The standard InChI is InChI=1S/C23H28ClN3OS2.ClH/c1-5-26(6-2)13-14-27(20(28)15-29-18-10-7-16(3)8-11-18)23-25-21-17(4)9-12-19(24)22(21)30-23;/h7-12H,5-6,13-15H2,1-4H3;1H. The van der Waals surface area contributed by atoms with Gasteiger partial charge in [-0.2, -0.15) is 0 Å². The molecule has 0 aliphatic heterocycles. The Balaban J connectivity index is 0.00000341. The second-order valence-corrected chi connectivity index (χ2v) is 9.65. The average molecular weight is 499 g/mol. The highest BCUT2D eigenvalue weighted by molar-refractivity contribution is 8.00. The Kier molecular flexibility index (Phi) is 10.1. The van der Waals surface area contributed by atoms with E-state index in [0.29, 0.717) is 17.3 Å². The number of amides is 1. The minimum absolute atomic E-state index is 0. The van der Waals surface area contributed by atoms with Crippen molar-refractivity contribution >= 4 is 68.4 Å². The number of fused-ring (bicyclic) bond motifs is 1. The average Bonchev–Trinajstić information content (AvgIpc) is 3.20. The number of hydrogen-bond donors (Lipinski definition) is 0. The zero-order valence-electron chi connectivity index (χ0n) is 18.4. The van der Waals surface area contributed by atoms with Gasteiger partial charge in [0.2, 0.25) is 5.91 Å². The molecule has 0 radical (unpaired) electrons. The third-order valence-corrected chi connectivity index (χ3v) is 7.67. The lowest BCUT2D eigenvalue weighted by molar-refractivity contribution is -0.116. The summed E-state index contributed by atoms with van der Waals surface area (Å²) in [5, 5.41) is 1.41. The van der Waals surface area contributed by atoms with Gasteiger partial charge in [0, 0.05) is 18.0 Å². The molecule has 0 unspecified atom stereocenters. The molecule has 3 aromatic rings. The Morgan fingerprint density at radius 3 is 2.35 bits per heavy atom. The number of rotatable bonds is 9. The van der Waals surface area contributed by atoms with Crippen LogP contribution in [0.3, 0.4) is 0 Å². The van der Waals surface area contributed by atoms with Crippen molar-refractivity contribution < 1.29 is 4.79 Å². The summed E-state index contributed by atoms with van der Waals surface area (Å²) in [6.45, 7) is 11.7. The van der Waals surface area contributed by atoms with Gasteiger partial charge in [0.25, 0.3) is 0 Å². The van der Waals surface area contributed by atoms with E-state index in [1.165, 1.54) is 16.9 Å². The van der Waals surface area contributed by atoms with Gasteiger partial charge in [-0.05, 0) is 50.7 Å². The second kappa shape index (κ2) is 12.1. The maximum Gasteiger partial charge on any atom is 0.239 e. The second-order valence-electron chi connectivity index (χ2n) is 7.21. The van der Waals surface area contributed by atoms with Gasteiger partial charge in [-0.1, -0.05) is 60.5 Å². The normalized spacial score (nSPS) is 11.0. The van der Waals surface area contributed by atoms with Crippen molar-refractivity contribution in [3.05, 3.63) is 52.5 Å². The Morgan fingerprint density at radius 1 is 1.06 bits per heavy atom. The summed E-state index contributed by atoms with van der Waals surface area (Å²) < 4.78 is 0.943. The molecule has 168 valence electrons. The van der Waals surface area contributed by atoms with Crippen LogP contribution >= 0.6 is 47.1 Å². The van der Waals surface area contributed by atoms with E-state index in [1.54, 1.807) is 11.8 Å². The Hall–Kier alpha value is -1.31. The van der Waals surface area contributed by atoms with Crippen molar-refractivity contribution in [1.82, 2.24) is 9.88 Å². The molecule has 3 rings (SSSR count). The van der Waals surface area contributed by atoms with Crippen LogP contribution in [-0.4, -0.2) is 47.7 Å². The topological polar surface area (TPSA) is 36.4 Å². The first-order valence-electron chi connectivity index (χ1n) is 10.2. The number of nitrogens with zero attached hydrogens (tertiary/aromatic N) is 3. The molecule has 1 amide bonds. The van der Waals surface area contributed by atoms with E-state index in [-0.39, 0.29) is 18.3 Å². The number of thioether (sulfide) groups is 1. The molecule has 0 aliphatic carbocycles. The Labute approximate surface area is 204 Å². The Morgan fingerprint density at radius 2 is 1.74 bits per heavy atom. The molecule has 1 heterocycles. The number of carbonyl (C=O) groups is 1. The smallest absolute Gasteiger partial charge is 0.239 e. The quantitative estimate of drug-likeness (QED) is 0.318. The zero-order chi connectivity index (χ0) is 21.7. The van der Waals surface area contributed by atoms with Gasteiger partial charge in [-0.15, -0.1) is 24.2 Å². The lowest BCUT2D eigenvalue weighted by Crippen LogP contribution is -2.39. The number of carbonyl (C=O) groups excluding carboxylic acids is 1. The molecule has 0 bridgehead atoms. The van der Waals surface area contributed by atoms with Crippen molar-refractivity contribution in [2.75, 3.05) is 36.8 Å². The fraction of sp³-hybridized carbons (Fsp3) is 0.391. The number of aryl methyl sites for hydroxylation is 2. The number of hydrogen-bond acceptors (Lipinski definition) is 5. The molecule has 0 spiro atoms. The molecular formula is C23H29Cl2N3OS2. The van der Waals surface area contributed by atoms with Crippen molar-refractivity contribution in [2.24, 2.45) is 0 Å². The molecule has 0 saturated heterocycles. The largest absolute Gasteiger partial charge is 0.302 e. The summed E-state index contributed by atoms with van der Waals surface area (Å²) in [4.78, 5) is 23.3. The molecule has 4 nitrogen and oxygen atoms in total. The lowest BCUT2D eigenvalue weighted by Gasteiger charge is -2.24. The summed E-state index contributed by atoms with van der Waals surface area (Å²) in [5.41, 5.74) is 3.17. The summed E-state index contributed by atoms with van der Waals surface area (Å²) >= 11 is 9.47. The molecule has 0 atom stereocenters. The van der Waals surface area contributed by atoms with Crippen LogP contribution in [0.25, 0.3) is 10.2 Å². The maximum absolute atomic E-state index is 13.2. The first kappa shape index (κ1) is 25.9. The van der Waals surface area contributed by atoms with Crippen LogP contribution in [-0.2, 0) is 4.79 Å². The van der Waals surface area contributed by atoms with Gasteiger partial charge in [-0.3, -0.25) is 9.69 Å². The van der Waals surface area contributed by atoms with Crippen LogP contribution in [0.2, 0.25) is 5.02 Å². The van der Waals surface area contributed by atoms with Crippen molar-refractivity contribution in [3.63, 3.8) is 0 Å². The number of halogens is 2. The molecule has 2 aromatic carbocycles. The van der Waals surface area contributed by atoms with Crippen LogP contribution in [0.15, 0.2) is 41.3 Å². The molecule has 0 N–H and O–H groups in total. The van der Waals surface area contributed by atoms with Crippen molar-refractivity contribution in [2.45, 2.75) is 32.6 Å². The predicted octanol–water partition coefficient (Wildman–Crippen LogP) is 6.46. The number of anilines is 1. The van der Waals surface area contributed by atoms with Gasteiger partial charge < -0.3 is 4.90 Å². The van der Waals surface area contributed by atoms with E-state index in [1.807, 2.05) is 24.0 Å². The number of likely N-dealkylation sites (N-methyl/N-ethyl adjacent to an activating group) is 1. The molecule has 0 aliphatic rings. The molecule has 8 heteroatoms. The first-order valence-corrected chi connectivity index (χ1v) is 12.4. The predicted molar refractivity (Wildman–Crippen MR) is 139 cm³/mol. The van der Waals surface area contributed by atoms with Gasteiger partial charge in [0.1, 0.15) is 0 Å².